The number of nitrogens with one attached hydrogen (secondary N) is 1. The predicted molar refractivity (Wildman–Crippen MR) is 76.5 cm³/mol. The molecule has 0 radical (unpaired) electrons. The van der Waals surface area contributed by atoms with Crippen molar-refractivity contribution in [1.82, 2.24) is 4.72 Å². The maximum absolute atomic E-state index is 12.1. The SMILES string of the molecule is COc1ccc(S(=O)(=O)NC(=O)C(C)OCC2CC2)cc1. The van der Waals surface area contributed by atoms with Gasteiger partial charge in [-0.05, 0) is 49.9 Å². The van der Waals surface area contributed by atoms with Crippen LogP contribution >= 0.6 is 0 Å². The van der Waals surface area contributed by atoms with E-state index in [-0.39, 0.29) is 4.90 Å². The minimum Gasteiger partial charge on any atom is -0.497 e. The van der Waals surface area contributed by atoms with E-state index in [1.165, 1.54) is 31.4 Å². The maximum atomic E-state index is 12.1. The third-order valence-electron chi connectivity index (χ3n) is 3.25. The lowest BCUT2D eigenvalue weighted by Crippen LogP contribution is -2.38. The first-order valence-corrected chi connectivity index (χ1v) is 8.23. The highest BCUT2D eigenvalue weighted by molar-refractivity contribution is 7.90. The van der Waals surface area contributed by atoms with Crippen molar-refractivity contribution in [2.75, 3.05) is 13.7 Å². The van der Waals surface area contributed by atoms with E-state index in [2.05, 4.69) is 0 Å². The molecule has 0 heterocycles. The number of carbonyl (C=O) groups is 1. The molecule has 1 aromatic rings. The van der Waals surface area contributed by atoms with E-state index in [1.807, 2.05) is 4.72 Å². The smallest absolute Gasteiger partial charge is 0.264 e. The van der Waals surface area contributed by atoms with Crippen LogP contribution in [-0.4, -0.2) is 34.1 Å². The lowest BCUT2D eigenvalue weighted by molar-refractivity contribution is -0.130. The monoisotopic (exact) mass is 313 g/mol. The van der Waals surface area contributed by atoms with Gasteiger partial charge in [-0.25, -0.2) is 13.1 Å². The molecule has 1 aromatic carbocycles. The number of carbonyl (C=O) groups excluding carboxylic acids is 1. The second-order valence-electron chi connectivity index (χ2n) is 5.06. The van der Waals surface area contributed by atoms with Gasteiger partial charge in [0.1, 0.15) is 11.9 Å². The Labute approximate surface area is 124 Å². The highest BCUT2D eigenvalue weighted by Crippen LogP contribution is 2.29. The van der Waals surface area contributed by atoms with Crippen LogP contribution in [0.5, 0.6) is 5.75 Å². The Balaban J connectivity index is 1.96. The molecule has 1 saturated carbocycles. The molecule has 1 N–H and O–H groups in total. The van der Waals surface area contributed by atoms with Crippen LogP contribution in [0.3, 0.4) is 0 Å². The molecular weight excluding hydrogens is 294 g/mol. The number of hydrogen-bond donors (Lipinski definition) is 1. The number of amides is 1. The summed E-state index contributed by atoms with van der Waals surface area (Å²) in [5.74, 6) is 0.395. The molecule has 1 fully saturated rings. The lowest BCUT2D eigenvalue weighted by Gasteiger charge is -2.13. The van der Waals surface area contributed by atoms with Crippen LogP contribution in [0.2, 0.25) is 0 Å². The number of benzene rings is 1. The molecule has 0 aromatic heterocycles. The average Bonchev–Trinajstić information content (AvgIpc) is 3.28. The normalized spacial score (nSPS) is 16.3. The molecule has 1 aliphatic carbocycles. The van der Waals surface area contributed by atoms with Gasteiger partial charge >= 0.3 is 0 Å². The first-order valence-electron chi connectivity index (χ1n) is 6.74. The second kappa shape index (κ2) is 6.44. The van der Waals surface area contributed by atoms with Gasteiger partial charge < -0.3 is 9.47 Å². The van der Waals surface area contributed by atoms with Crippen LogP contribution in [0.25, 0.3) is 0 Å². The molecule has 1 unspecified atom stereocenters. The highest BCUT2D eigenvalue weighted by atomic mass is 32.2. The Kier molecular flexibility index (Phi) is 4.84. The van der Waals surface area contributed by atoms with Gasteiger partial charge in [0.2, 0.25) is 0 Å². The standard InChI is InChI=1S/C14H19NO5S/c1-10(20-9-11-3-4-11)14(16)15-21(17,18)13-7-5-12(19-2)6-8-13/h5-8,10-11H,3-4,9H2,1-2H3,(H,15,16). The number of hydrogen-bond acceptors (Lipinski definition) is 5. The van der Waals surface area contributed by atoms with Gasteiger partial charge in [-0.3, -0.25) is 4.79 Å². The molecule has 1 aliphatic rings. The zero-order valence-corrected chi connectivity index (χ0v) is 12.9. The summed E-state index contributed by atoms with van der Waals surface area (Å²) >= 11 is 0. The number of rotatable bonds is 7. The van der Waals surface area contributed by atoms with Crippen LogP contribution in [-0.2, 0) is 19.6 Å². The van der Waals surface area contributed by atoms with Gasteiger partial charge in [0, 0.05) is 0 Å². The fourth-order valence-electron chi connectivity index (χ4n) is 1.67. The summed E-state index contributed by atoms with van der Waals surface area (Å²) in [7, 11) is -2.40. The van der Waals surface area contributed by atoms with Crippen LogP contribution in [0, 0.1) is 5.92 Å². The van der Waals surface area contributed by atoms with Gasteiger partial charge in [-0.1, -0.05) is 0 Å². The third kappa shape index (κ3) is 4.44. The van der Waals surface area contributed by atoms with E-state index in [9.17, 15) is 13.2 Å². The van der Waals surface area contributed by atoms with Gasteiger partial charge in [0.25, 0.3) is 15.9 Å². The molecule has 6 nitrogen and oxygen atoms in total. The Morgan fingerprint density at radius 3 is 2.48 bits per heavy atom. The fourth-order valence-corrected chi connectivity index (χ4v) is 2.71. The van der Waals surface area contributed by atoms with Crippen molar-refractivity contribution in [1.29, 1.82) is 0 Å². The summed E-state index contributed by atoms with van der Waals surface area (Å²) in [4.78, 5) is 11.9. The van der Waals surface area contributed by atoms with E-state index in [1.54, 1.807) is 6.92 Å². The van der Waals surface area contributed by atoms with E-state index in [0.29, 0.717) is 18.3 Å². The van der Waals surface area contributed by atoms with Crippen LogP contribution in [0.15, 0.2) is 29.2 Å². The zero-order chi connectivity index (χ0) is 15.5. The molecule has 0 bridgehead atoms. The fraction of sp³-hybridized carbons (Fsp3) is 0.500. The number of ether oxygens (including phenoxy) is 2. The summed E-state index contributed by atoms with van der Waals surface area (Å²) in [5, 5.41) is 0. The van der Waals surface area contributed by atoms with E-state index < -0.39 is 22.0 Å². The van der Waals surface area contributed by atoms with Gasteiger partial charge in [-0.2, -0.15) is 0 Å². The van der Waals surface area contributed by atoms with E-state index in [4.69, 9.17) is 9.47 Å². The van der Waals surface area contributed by atoms with Crippen LogP contribution in [0.4, 0.5) is 0 Å². The van der Waals surface area contributed by atoms with Crippen molar-refractivity contribution in [3.8, 4) is 5.75 Å². The lowest BCUT2D eigenvalue weighted by atomic mass is 10.3. The molecule has 1 atom stereocenters. The Morgan fingerprint density at radius 2 is 1.95 bits per heavy atom. The molecule has 0 spiro atoms. The molecule has 116 valence electrons. The van der Waals surface area contributed by atoms with E-state index in [0.717, 1.165) is 12.8 Å². The highest BCUT2D eigenvalue weighted by Gasteiger charge is 2.26. The van der Waals surface area contributed by atoms with Crippen LogP contribution in [0.1, 0.15) is 19.8 Å². The molecule has 2 rings (SSSR count). The second-order valence-corrected chi connectivity index (χ2v) is 6.75. The first kappa shape index (κ1) is 15.8. The molecule has 0 saturated heterocycles. The molecule has 0 aliphatic heterocycles. The summed E-state index contributed by atoms with van der Waals surface area (Å²) in [6, 6.07) is 5.80. The summed E-state index contributed by atoms with van der Waals surface area (Å²) in [6.07, 6.45) is 1.43. The third-order valence-corrected chi connectivity index (χ3v) is 4.62. The number of methoxy groups -OCH3 is 1. The van der Waals surface area contributed by atoms with Crippen molar-refractivity contribution in [3.63, 3.8) is 0 Å². The van der Waals surface area contributed by atoms with Gasteiger partial charge in [0.15, 0.2) is 0 Å². The first-order chi connectivity index (χ1) is 9.92. The van der Waals surface area contributed by atoms with Crippen molar-refractivity contribution in [2.24, 2.45) is 5.92 Å². The largest absolute Gasteiger partial charge is 0.497 e. The number of sulfonamides is 1. The Morgan fingerprint density at radius 1 is 1.33 bits per heavy atom. The Hall–Kier alpha value is -1.60. The van der Waals surface area contributed by atoms with Gasteiger partial charge in [-0.15, -0.1) is 0 Å². The maximum Gasteiger partial charge on any atom is 0.264 e. The van der Waals surface area contributed by atoms with E-state index >= 15 is 0 Å². The predicted octanol–water partition coefficient (Wildman–Crippen LogP) is 1.32. The molecule has 21 heavy (non-hydrogen) atoms. The molecule has 1 amide bonds. The Bertz CT molecular complexity index is 592. The molecular formula is C14H19NO5S. The zero-order valence-electron chi connectivity index (χ0n) is 12.0. The van der Waals surface area contributed by atoms with Crippen LogP contribution < -0.4 is 9.46 Å². The summed E-state index contributed by atoms with van der Waals surface area (Å²) in [6.45, 7) is 2.04. The average molecular weight is 313 g/mol. The summed E-state index contributed by atoms with van der Waals surface area (Å²) < 4.78 is 36.5. The minimum absolute atomic E-state index is 0.00560. The quantitative estimate of drug-likeness (QED) is 0.821. The molecule has 7 heteroatoms. The minimum atomic E-state index is -3.89. The van der Waals surface area contributed by atoms with Crippen molar-refractivity contribution in [3.05, 3.63) is 24.3 Å². The van der Waals surface area contributed by atoms with Gasteiger partial charge in [0.05, 0.1) is 18.6 Å². The summed E-state index contributed by atoms with van der Waals surface area (Å²) in [5.41, 5.74) is 0. The van der Waals surface area contributed by atoms with Crippen molar-refractivity contribution >= 4 is 15.9 Å². The topological polar surface area (TPSA) is 81.7 Å². The van der Waals surface area contributed by atoms with Crippen molar-refractivity contribution in [2.45, 2.75) is 30.8 Å². The van der Waals surface area contributed by atoms with Crippen molar-refractivity contribution < 1.29 is 22.7 Å².